The van der Waals surface area contributed by atoms with Crippen LogP contribution in [0.25, 0.3) is 11.3 Å². The zero-order chi connectivity index (χ0) is 25.1. The molecule has 37 heavy (non-hydrogen) atoms. The Kier molecular flexibility index (Phi) is 6.19. The van der Waals surface area contributed by atoms with Gasteiger partial charge in [0.2, 0.25) is 0 Å². The number of halogens is 1. The number of aromatic nitrogens is 2. The zero-order valence-electron chi connectivity index (χ0n) is 21.6. The van der Waals surface area contributed by atoms with Gasteiger partial charge in [-0.3, -0.25) is 4.84 Å². The van der Waals surface area contributed by atoms with Crippen molar-refractivity contribution in [3.8, 4) is 11.3 Å². The second kappa shape index (κ2) is 9.44. The molecule has 1 aliphatic heterocycles. The lowest BCUT2D eigenvalue weighted by Crippen LogP contribution is -2.61. The van der Waals surface area contributed by atoms with Crippen molar-refractivity contribution in [1.82, 2.24) is 15.0 Å². The highest BCUT2D eigenvalue weighted by atomic mass is 19.1. The summed E-state index contributed by atoms with van der Waals surface area (Å²) < 4.78 is 17.0. The molecule has 5 saturated carbocycles. The number of rotatable bonds is 8. The first-order valence-electron chi connectivity index (χ1n) is 14.6. The van der Waals surface area contributed by atoms with Gasteiger partial charge in [0.1, 0.15) is 5.82 Å². The third kappa shape index (κ3) is 4.08. The topological polar surface area (TPSA) is 79.5 Å². The molecule has 8 rings (SSSR count). The molecule has 3 N–H and O–H groups in total. The summed E-state index contributed by atoms with van der Waals surface area (Å²) in [6.07, 6.45) is 14.6. The summed E-state index contributed by atoms with van der Waals surface area (Å²) in [6, 6.07) is 5.33. The normalized spacial score (nSPS) is 35.9. The van der Waals surface area contributed by atoms with Crippen LogP contribution in [0, 0.1) is 34.9 Å². The Morgan fingerprint density at radius 3 is 2.68 bits per heavy atom. The number of nitrogens with one attached hydrogen (secondary N) is 1. The van der Waals surface area contributed by atoms with Crippen molar-refractivity contribution in [2.24, 2.45) is 29.1 Å². The van der Waals surface area contributed by atoms with Gasteiger partial charge in [-0.2, -0.15) is 5.48 Å². The highest BCUT2D eigenvalue weighted by Crippen LogP contribution is 2.62. The molecule has 6 nitrogen and oxygen atoms in total. The number of aliphatic hydroxyl groups excluding tert-OH is 2. The second-order valence-electron chi connectivity index (χ2n) is 12.9. The van der Waals surface area contributed by atoms with Gasteiger partial charge in [-0.1, -0.05) is 31.4 Å². The maximum absolute atomic E-state index is 15.0. The van der Waals surface area contributed by atoms with Gasteiger partial charge in [-0.15, -0.1) is 0 Å². The molecule has 5 fully saturated rings. The number of hydrogen-bond acceptors (Lipinski definition) is 5. The van der Waals surface area contributed by atoms with Gasteiger partial charge in [0.15, 0.2) is 0 Å². The first kappa shape index (κ1) is 24.3. The number of hydroxylamine groups is 1. The van der Waals surface area contributed by atoms with E-state index in [1.54, 1.807) is 18.6 Å². The Hall–Kier alpha value is -1.80. The average Bonchev–Trinajstić information content (AvgIpc) is 3.49. The van der Waals surface area contributed by atoms with Crippen LogP contribution >= 0.6 is 0 Å². The van der Waals surface area contributed by atoms with E-state index < -0.39 is 6.10 Å². The minimum absolute atomic E-state index is 0.106. The van der Waals surface area contributed by atoms with E-state index in [0.717, 1.165) is 43.4 Å². The number of imidazole rings is 1. The Morgan fingerprint density at radius 2 is 1.89 bits per heavy atom. The van der Waals surface area contributed by atoms with Crippen molar-refractivity contribution in [3.63, 3.8) is 0 Å². The Morgan fingerprint density at radius 1 is 1.11 bits per heavy atom. The molecule has 5 aliphatic carbocycles. The average molecular weight is 510 g/mol. The van der Waals surface area contributed by atoms with Crippen LogP contribution in [-0.4, -0.2) is 44.6 Å². The van der Waals surface area contributed by atoms with Crippen LogP contribution < -0.4 is 5.48 Å². The molecule has 200 valence electrons. The summed E-state index contributed by atoms with van der Waals surface area (Å²) in [5.41, 5.74) is 5.83. The molecule has 4 bridgehead atoms. The van der Waals surface area contributed by atoms with Crippen LogP contribution in [0.5, 0.6) is 0 Å². The number of aliphatic hydroxyl groups is 2. The van der Waals surface area contributed by atoms with Crippen LogP contribution in [-0.2, 0) is 4.84 Å². The molecular formula is C30H40FN3O3. The van der Waals surface area contributed by atoms with E-state index in [9.17, 15) is 14.6 Å². The molecule has 0 radical (unpaired) electrons. The molecule has 2 aromatic rings. The van der Waals surface area contributed by atoms with Crippen LogP contribution in [0.1, 0.15) is 82.2 Å². The minimum atomic E-state index is -0.485. The van der Waals surface area contributed by atoms with Gasteiger partial charge in [0, 0.05) is 17.2 Å². The molecule has 5 atom stereocenters. The lowest BCUT2D eigenvalue weighted by molar-refractivity contribution is -0.167. The van der Waals surface area contributed by atoms with Gasteiger partial charge in [-0.25, -0.2) is 9.37 Å². The first-order chi connectivity index (χ1) is 18.0. The number of nitrogens with zero attached hydrogens (tertiary/aromatic N) is 2. The van der Waals surface area contributed by atoms with Crippen molar-refractivity contribution in [2.45, 2.75) is 94.9 Å². The van der Waals surface area contributed by atoms with Gasteiger partial charge >= 0.3 is 0 Å². The predicted octanol–water partition coefficient (Wildman–Crippen LogP) is 5.00. The fourth-order valence-electron chi connectivity index (χ4n) is 9.27. The second-order valence-corrected chi connectivity index (χ2v) is 12.9. The van der Waals surface area contributed by atoms with Crippen LogP contribution in [0.15, 0.2) is 30.7 Å². The Bertz CT molecular complexity index is 1120. The predicted molar refractivity (Wildman–Crippen MR) is 138 cm³/mol. The van der Waals surface area contributed by atoms with Crippen molar-refractivity contribution in [1.29, 1.82) is 0 Å². The maximum atomic E-state index is 15.0. The summed E-state index contributed by atoms with van der Waals surface area (Å²) in [5, 5.41) is 22.4. The lowest BCUT2D eigenvalue weighted by atomic mass is 9.46. The highest BCUT2D eigenvalue weighted by molar-refractivity contribution is 5.69. The van der Waals surface area contributed by atoms with E-state index in [4.69, 9.17) is 4.84 Å². The first-order valence-corrected chi connectivity index (χ1v) is 14.6. The van der Waals surface area contributed by atoms with Gasteiger partial charge in [0.25, 0.3) is 0 Å². The summed E-state index contributed by atoms with van der Waals surface area (Å²) >= 11 is 0. The molecule has 1 aromatic heterocycles. The fourth-order valence-corrected chi connectivity index (χ4v) is 9.27. The van der Waals surface area contributed by atoms with Crippen molar-refractivity contribution < 1.29 is 19.4 Å². The van der Waals surface area contributed by atoms with Crippen molar-refractivity contribution >= 4 is 0 Å². The number of hydrogen-bond donors (Lipinski definition) is 3. The fraction of sp³-hybridized carbons (Fsp3) is 0.700. The van der Waals surface area contributed by atoms with Gasteiger partial charge in [0.05, 0.1) is 43.1 Å². The van der Waals surface area contributed by atoms with Crippen molar-refractivity contribution in [3.05, 3.63) is 42.1 Å². The smallest absolute Gasteiger partial charge is 0.129 e. The summed E-state index contributed by atoms with van der Waals surface area (Å²) in [4.78, 5) is 10.3. The quantitative estimate of drug-likeness (QED) is 0.437. The van der Waals surface area contributed by atoms with E-state index in [1.165, 1.54) is 38.2 Å². The molecule has 6 aliphatic rings. The molecule has 2 heterocycles. The molecule has 1 aromatic carbocycles. The summed E-state index contributed by atoms with van der Waals surface area (Å²) in [7, 11) is 0. The summed E-state index contributed by atoms with van der Waals surface area (Å²) in [6.45, 7) is 0.359. The van der Waals surface area contributed by atoms with Crippen molar-refractivity contribution in [2.75, 3.05) is 6.61 Å². The molecule has 0 spiro atoms. The zero-order valence-corrected chi connectivity index (χ0v) is 21.6. The molecular weight excluding hydrogens is 469 g/mol. The van der Waals surface area contributed by atoms with E-state index in [1.807, 2.05) is 10.6 Å². The van der Waals surface area contributed by atoms with Crippen LogP contribution in [0.2, 0.25) is 0 Å². The minimum Gasteiger partial charge on any atom is -0.392 e. The monoisotopic (exact) mass is 509 g/mol. The van der Waals surface area contributed by atoms with Crippen LogP contribution in [0.3, 0.4) is 0 Å². The van der Waals surface area contributed by atoms with E-state index in [2.05, 4.69) is 10.5 Å². The Labute approximate surface area is 218 Å². The SMILES string of the molecule is OC(CONC1C2CC3CC1CC(C(O)CC1c4c(F)cccc4-c4cncn41)(C3)C2)C1CCCCC1. The molecule has 0 saturated heterocycles. The van der Waals surface area contributed by atoms with Gasteiger partial charge < -0.3 is 14.8 Å². The third-order valence-electron chi connectivity index (χ3n) is 10.8. The number of benzene rings is 1. The lowest BCUT2D eigenvalue weighted by Gasteiger charge is -2.61. The third-order valence-corrected chi connectivity index (χ3v) is 10.8. The van der Waals surface area contributed by atoms with E-state index >= 15 is 0 Å². The maximum Gasteiger partial charge on any atom is 0.129 e. The summed E-state index contributed by atoms with van der Waals surface area (Å²) in [5.74, 6) is 1.78. The highest BCUT2D eigenvalue weighted by Gasteiger charge is 2.58. The van der Waals surface area contributed by atoms with E-state index in [0.29, 0.717) is 48.3 Å². The van der Waals surface area contributed by atoms with E-state index in [-0.39, 0.29) is 23.4 Å². The molecule has 5 unspecified atom stereocenters. The molecule has 7 heteroatoms. The largest absolute Gasteiger partial charge is 0.392 e. The van der Waals surface area contributed by atoms with Gasteiger partial charge in [-0.05, 0) is 86.5 Å². The number of fused-ring (bicyclic) bond motifs is 3. The standard InChI is InChI=1S/C30H40FN3O3/c31-23-8-4-7-22-25-15-32-17-34(25)24(28(22)23)11-27(36)30-12-18-9-20(13-30)29(21(10-18)14-30)33-37-16-26(35)19-5-2-1-3-6-19/h4,7-8,15,17-21,24,26-27,29,33,35-36H,1-3,5-6,9-14,16H2. The van der Waals surface area contributed by atoms with Crippen LogP contribution in [0.4, 0.5) is 4.39 Å². The Balaban J connectivity index is 1.03. The molecule has 0 amide bonds.